The molecule has 7 heteroatoms. The van der Waals surface area contributed by atoms with Gasteiger partial charge in [-0.2, -0.15) is 0 Å². The lowest BCUT2D eigenvalue weighted by Gasteiger charge is -2.36. The Morgan fingerprint density at radius 3 is 1.66 bits per heavy atom. The van der Waals surface area contributed by atoms with E-state index in [0.717, 1.165) is 61.4 Å². The first kappa shape index (κ1) is 28.7. The fourth-order valence-corrected chi connectivity index (χ4v) is 8.61. The van der Waals surface area contributed by atoms with Gasteiger partial charge in [-0.3, -0.25) is 24.2 Å². The number of allylic oxidation sites excluding steroid dienone is 2. The number of anilines is 1. The number of rotatable bonds is 8. The van der Waals surface area contributed by atoms with Crippen molar-refractivity contribution in [2.75, 3.05) is 44.2 Å². The van der Waals surface area contributed by atoms with Crippen molar-refractivity contribution in [2.45, 2.75) is 26.7 Å². The highest BCUT2D eigenvalue weighted by molar-refractivity contribution is 6.29. The fraction of sp³-hybridized carbons (Fsp3) is 0.378. The number of carbonyl (C=O) groups is 3. The van der Waals surface area contributed by atoms with Crippen molar-refractivity contribution in [3.63, 3.8) is 0 Å². The number of likely N-dealkylation sites (tertiary alicyclic amines) is 1. The number of para-hydroxylation sites is 1. The Morgan fingerprint density at radius 2 is 1.14 bits per heavy atom. The van der Waals surface area contributed by atoms with E-state index < -0.39 is 22.7 Å². The summed E-state index contributed by atoms with van der Waals surface area (Å²) in [6.45, 7) is 8.22. The maximum Gasteiger partial charge on any atom is 0.234 e. The molecule has 3 fully saturated rings. The van der Waals surface area contributed by atoms with E-state index in [-0.39, 0.29) is 23.4 Å². The van der Waals surface area contributed by atoms with Crippen LogP contribution in [0.1, 0.15) is 37.8 Å². The maximum atomic E-state index is 14.4. The van der Waals surface area contributed by atoms with Gasteiger partial charge in [0.15, 0.2) is 5.78 Å². The zero-order chi connectivity index (χ0) is 30.6. The van der Waals surface area contributed by atoms with E-state index in [2.05, 4.69) is 9.80 Å². The number of carbonyl (C=O) groups excluding carboxylic acids is 3. The van der Waals surface area contributed by atoms with Crippen LogP contribution in [0.3, 0.4) is 0 Å². The van der Waals surface area contributed by atoms with Crippen LogP contribution < -0.4 is 4.90 Å². The number of Topliss-reactive ketones (excluding diaryl/α,β-unsaturated/α-hetero) is 1. The maximum absolute atomic E-state index is 14.4. The van der Waals surface area contributed by atoms with Gasteiger partial charge in [0, 0.05) is 32.7 Å². The third-order valence-corrected chi connectivity index (χ3v) is 10.7. The molecule has 2 amide bonds. The van der Waals surface area contributed by atoms with Gasteiger partial charge in [-0.15, -0.1) is 0 Å². The van der Waals surface area contributed by atoms with E-state index in [0.29, 0.717) is 18.7 Å². The summed E-state index contributed by atoms with van der Waals surface area (Å²) in [6, 6.07) is 26.6. The molecule has 6 nitrogen and oxygen atoms in total. The average Bonchev–Trinajstić information content (AvgIpc) is 3.49. The van der Waals surface area contributed by atoms with Gasteiger partial charge in [-0.25, -0.2) is 4.39 Å². The van der Waals surface area contributed by atoms with Gasteiger partial charge >= 0.3 is 0 Å². The molecule has 226 valence electrons. The summed E-state index contributed by atoms with van der Waals surface area (Å²) in [5.74, 6) is -2.01. The molecule has 0 radical (unpaired) electrons. The topological polar surface area (TPSA) is 60.9 Å². The number of amides is 2. The number of hydrogen-bond acceptors (Lipinski definition) is 5. The van der Waals surface area contributed by atoms with Gasteiger partial charge in [0.25, 0.3) is 0 Å². The molecule has 2 aliphatic carbocycles. The monoisotopic (exact) mass is 591 g/mol. The molecule has 0 spiro atoms. The lowest BCUT2D eigenvalue weighted by Crippen LogP contribution is -2.47. The van der Waals surface area contributed by atoms with Crippen molar-refractivity contribution in [2.24, 2.45) is 22.7 Å². The second-order valence-corrected chi connectivity index (χ2v) is 13.0. The molecule has 2 saturated heterocycles. The van der Waals surface area contributed by atoms with Crippen molar-refractivity contribution in [1.29, 1.82) is 0 Å². The standard InChI is InChI=1S/C37H38FN3O3/c1-36-29(25-13-5-3-6-14-25)30(26-15-7-4-8-16-26)37(2,35(36)44)32-31(36)33(42)41(34(32)43)20-12-11-19-39-21-23-40(24-22-39)28-18-10-9-17-27(28)38/h3-10,13-18,31-32H,11-12,19-24H2,1-2H3. The highest BCUT2D eigenvalue weighted by Gasteiger charge is 2.78. The Hall–Kier alpha value is -4.10. The smallest absolute Gasteiger partial charge is 0.234 e. The van der Waals surface area contributed by atoms with Gasteiger partial charge in [0.1, 0.15) is 5.82 Å². The van der Waals surface area contributed by atoms with Gasteiger partial charge in [0.2, 0.25) is 11.8 Å². The number of nitrogens with zero attached hydrogens (tertiary/aromatic N) is 3. The molecular formula is C37H38FN3O3. The second-order valence-electron chi connectivity index (χ2n) is 13.0. The van der Waals surface area contributed by atoms with E-state index in [9.17, 15) is 18.8 Å². The van der Waals surface area contributed by atoms with Crippen LogP contribution in [-0.2, 0) is 14.4 Å². The molecule has 1 saturated carbocycles. The Balaban J connectivity index is 1.07. The first-order valence-electron chi connectivity index (χ1n) is 15.8. The summed E-state index contributed by atoms with van der Waals surface area (Å²) in [6.07, 6.45) is 1.55. The molecule has 2 aliphatic heterocycles. The third kappa shape index (κ3) is 4.12. The number of piperazine rings is 1. The van der Waals surface area contributed by atoms with E-state index in [1.165, 1.54) is 11.0 Å². The van der Waals surface area contributed by atoms with Crippen molar-refractivity contribution < 1.29 is 18.8 Å². The van der Waals surface area contributed by atoms with E-state index in [1.807, 2.05) is 86.6 Å². The lowest BCUT2D eigenvalue weighted by atomic mass is 9.63. The Morgan fingerprint density at radius 1 is 0.659 bits per heavy atom. The summed E-state index contributed by atoms with van der Waals surface area (Å²) in [7, 11) is 0. The molecule has 7 rings (SSSR count). The summed E-state index contributed by atoms with van der Waals surface area (Å²) < 4.78 is 14.2. The number of hydrogen-bond donors (Lipinski definition) is 0. The zero-order valence-corrected chi connectivity index (χ0v) is 25.3. The SMILES string of the molecule is CC12C(=O)C(C)(C(c3ccccc3)=C1c1ccccc1)C1C(=O)N(CCCCN3CCN(c4ccccc4F)CC3)C(=O)C12. The normalized spacial score (nSPS) is 28.4. The van der Waals surface area contributed by atoms with Crippen molar-refractivity contribution in [1.82, 2.24) is 9.80 Å². The minimum Gasteiger partial charge on any atom is -0.367 e. The molecule has 4 aliphatic rings. The predicted octanol–water partition coefficient (Wildman–Crippen LogP) is 5.55. The number of benzene rings is 3. The van der Waals surface area contributed by atoms with Crippen LogP contribution in [0.5, 0.6) is 0 Å². The molecule has 4 atom stereocenters. The van der Waals surface area contributed by atoms with Crippen LogP contribution in [-0.4, -0.2) is 66.7 Å². The van der Waals surface area contributed by atoms with Gasteiger partial charge in [-0.05, 0) is 67.6 Å². The predicted molar refractivity (Wildman–Crippen MR) is 169 cm³/mol. The van der Waals surface area contributed by atoms with Crippen LogP contribution in [0, 0.1) is 28.5 Å². The van der Waals surface area contributed by atoms with Crippen LogP contribution in [0.2, 0.25) is 0 Å². The van der Waals surface area contributed by atoms with Crippen molar-refractivity contribution in [3.05, 3.63) is 102 Å². The van der Waals surface area contributed by atoms with E-state index >= 15 is 0 Å². The summed E-state index contributed by atoms with van der Waals surface area (Å²) in [5.41, 5.74) is 2.12. The van der Waals surface area contributed by atoms with Crippen LogP contribution in [0.25, 0.3) is 11.1 Å². The molecule has 3 aromatic carbocycles. The molecule has 3 aromatic rings. The zero-order valence-electron chi connectivity index (χ0n) is 25.3. The molecular weight excluding hydrogens is 553 g/mol. The summed E-state index contributed by atoms with van der Waals surface area (Å²) >= 11 is 0. The first-order chi connectivity index (χ1) is 21.3. The molecule has 44 heavy (non-hydrogen) atoms. The average molecular weight is 592 g/mol. The Kier molecular flexibility index (Phi) is 7.04. The molecule has 4 unspecified atom stereocenters. The number of ketones is 1. The van der Waals surface area contributed by atoms with E-state index in [4.69, 9.17) is 0 Å². The number of halogens is 1. The third-order valence-electron chi connectivity index (χ3n) is 10.7. The van der Waals surface area contributed by atoms with Crippen LogP contribution >= 0.6 is 0 Å². The number of fused-ring (bicyclic) bond motifs is 5. The van der Waals surface area contributed by atoms with Gasteiger partial charge in [0.05, 0.1) is 28.4 Å². The number of imide groups is 1. The highest BCUT2D eigenvalue weighted by atomic mass is 19.1. The molecule has 2 bridgehead atoms. The van der Waals surface area contributed by atoms with Crippen LogP contribution in [0.4, 0.5) is 10.1 Å². The minimum atomic E-state index is -1.08. The Bertz CT molecular complexity index is 1570. The fourth-order valence-electron chi connectivity index (χ4n) is 8.61. The lowest BCUT2D eigenvalue weighted by molar-refractivity contribution is -0.144. The number of unbranched alkanes of at least 4 members (excludes halogenated alkanes) is 1. The van der Waals surface area contributed by atoms with E-state index in [1.54, 1.807) is 6.07 Å². The summed E-state index contributed by atoms with van der Waals surface area (Å²) in [5, 5.41) is 0. The highest BCUT2D eigenvalue weighted by Crippen LogP contribution is 2.73. The second kappa shape index (κ2) is 10.8. The van der Waals surface area contributed by atoms with Crippen molar-refractivity contribution in [3.8, 4) is 0 Å². The Labute approximate surface area is 258 Å². The molecule has 0 N–H and O–H groups in total. The quantitative estimate of drug-likeness (QED) is 0.254. The minimum absolute atomic E-state index is 0.0198. The van der Waals surface area contributed by atoms with Gasteiger partial charge < -0.3 is 4.90 Å². The molecule has 0 aromatic heterocycles. The van der Waals surface area contributed by atoms with Gasteiger partial charge in [-0.1, -0.05) is 72.8 Å². The van der Waals surface area contributed by atoms with Crippen molar-refractivity contribution >= 4 is 34.4 Å². The largest absolute Gasteiger partial charge is 0.367 e. The molecule has 2 heterocycles. The summed E-state index contributed by atoms with van der Waals surface area (Å²) in [4.78, 5) is 48.4. The first-order valence-corrected chi connectivity index (χ1v) is 15.8. The van der Waals surface area contributed by atoms with Crippen LogP contribution in [0.15, 0.2) is 84.9 Å².